The SMILES string of the molecule is CC#COc1ccc(OC(NCCc2ccc(OC)c(OC)c2)C(C)O)c2c1N(Cc1ccccc1)C(=O)CC2. The molecule has 0 aromatic heterocycles. The summed E-state index contributed by atoms with van der Waals surface area (Å²) in [5, 5.41) is 13.9. The third kappa shape index (κ3) is 6.87. The number of hydrogen-bond acceptors (Lipinski definition) is 7. The summed E-state index contributed by atoms with van der Waals surface area (Å²) in [4.78, 5) is 14.8. The molecule has 3 aromatic rings. The molecule has 2 unspecified atom stereocenters. The summed E-state index contributed by atoms with van der Waals surface area (Å²) in [6, 6.07) is 19.2. The Morgan fingerprint density at radius 2 is 1.68 bits per heavy atom. The number of aliphatic hydroxyl groups is 1. The first-order valence-corrected chi connectivity index (χ1v) is 13.3. The summed E-state index contributed by atoms with van der Waals surface area (Å²) in [5.74, 6) is 5.17. The fourth-order valence-corrected chi connectivity index (χ4v) is 4.70. The largest absolute Gasteiger partial charge is 0.493 e. The van der Waals surface area contributed by atoms with Crippen molar-refractivity contribution in [3.63, 3.8) is 0 Å². The number of methoxy groups -OCH3 is 2. The fourth-order valence-electron chi connectivity index (χ4n) is 4.70. The van der Waals surface area contributed by atoms with Gasteiger partial charge in [0.25, 0.3) is 0 Å². The smallest absolute Gasteiger partial charge is 0.227 e. The number of anilines is 1. The van der Waals surface area contributed by atoms with E-state index in [2.05, 4.69) is 17.3 Å². The molecule has 1 aliphatic rings. The number of benzene rings is 3. The minimum Gasteiger partial charge on any atom is -0.493 e. The Hall–Kier alpha value is -4.19. The molecule has 4 rings (SSSR count). The van der Waals surface area contributed by atoms with E-state index in [4.69, 9.17) is 18.9 Å². The summed E-state index contributed by atoms with van der Waals surface area (Å²) in [6.07, 6.45) is 2.70. The summed E-state index contributed by atoms with van der Waals surface area (Å²) in [5.41, 5.74) is 3.55. The van der Waals surface area contributed by atoms with Crippen molar-refractivity contribution >= 4 is 11.6 Å². The Morgan fingerprint density at radius 1 is 0.950 bits per heavy atom. The number of carbonyl (C=O) groups is 1. The molecule has 1 heterocycles. The van der Waals surface area contributed by atoms with Gasteiger partial charge in [0.05, 0.1) is 26.5 Å². The van der Waals surface area contributed by atoms with E-state index in [0.29, 0.717) is 61.0 Å². The molecule has 0 fully saturated rings. The Morgan fingerprint density at radius 3 is 2.38 bits per heavy atom. The lowest BCUT2D eigenvalue weighted by Gasteiger charge is -2.33. The number of nitrogens with one attached hydrogen (secondary N) is 1. The van der Waals surface area contributed by atoms with Crippen molar-refractivity contribution in [2.24, 2.45) is 0 Å². The number of ether oxygens (including phenoxy) is 4. The van der Waals surface area contributed by atoms with E-state index in [1.54, 1.807) is 39.0 Å². The second kappa shape index (κ2) is 13.7. The zero-order valence-electron chi connectivity index (χ0n) is 23.4. The lowest BCUT2D eigenvalue weighted by molar-refractivity contribution is -0.119. The van der Waals surface area contributed by atoms with Crippen molar-refractivity contribution in [2.75, 3.05) is 25.7 Å². The predicted octanol–water partition coefficient (Wildman–Crippen LogP) is 4.46. The van der Waals surface area contributed by atoms with Crippen molar-refractivity contribution < 1.29 is 28.8 Å². The van der Waals surface area contributed by atoms with Crippen LogP contribution in [0.15, 0.2) is 60.7 Å². The van der Waals surface area contributed by atoms with Gasteiger partial charge in [-0.3, -0.25) is 10.1 Å². The number of aliphatic hydroxyl groups excluding tert-OH is 1. The minimum atomic E-state index is -0.798. The van der Waals surface area contributed by atoms with E-state index in [-0.39, 0.29) is 5.91 Å². The van der Waals surface area contributed by atoms with Crippen LogP contribution in [0.25, 0.3) is 0 Å². The van der Waals surface area contributed by atoms with Gasteiger partial charge >= 0.3 is 0 Å². The normalized spacial score (nSPS) is 13.9. The highest BCUT2D eigenvalue weighted by Crippen LogP contribution is 2.43. The van der Waals surface area contributed by atoms with E-state index in [1.165, 1.54) is 0 Å². The van der Waals surface area contributed by atoms with Crippen molar-refractivity contribution in [3.05, 3.63) is 77.4 Å². The molecule has 0 saturated carbocycles. The molecular weight excluding hydrogens is 508 g/mol. The molecule has 0 spiro atoms. The maximum absolute atomic E-state index is 13.1. The molecule has 0 aliphatic carbocycles. The maximum Gasteiger partial charge on any atom is 0.227 e. The molecule has 2 atom stereocenters. The Balaban J connectivity index is 1.56. The van der Waals surface area contributed by atoms with Gasteiger partial charge in [-0.15, -0.1) is 0 Å². The summed E-state index contributed by atoms with van der Waals surface area (Å²) in [6.45, 7) is 4.33. The molecule has 0 radical (unpaired) electrons. The van der Waals surface area contributed by atoms with Crippen molar-refractivity contribution in [3.8, 4) is 35.0 Å². The molecule has 0 bridgehead atoms. The van der Waals surface area contributed by atoms with Gasteiger partial charge < -0.3 is 29.0 Å². The van der Waals surface area contributed by atoms with E-state index >= 15 is 0 Å². The molecule has 1 aliphatic heterocycles. The lowest BCUT2D eigenvalue weighted by atomic mass is 9.98. The summed E-state index contributed by atoms with van der Waals surface area (Å²) in [7, 11) is 3.21. The Kier molecular flexibility index (Phi) is 9.90. The zero-order valence-corrected chi connectivity index (χ0v) is 23.4. The number of fused-ring (bicyclic) bond motifs is 1. The summed E-state index contributed by atoms with van der Waals surface area (Å²) >= 11 is 0. The second-order valence-corrected chi connectivity index (χ2v) is 9.48. The van der Waals surface area contributed by atoms with Gasteiger partial charge in [-0.05, 0) is 55.2 Å². The van der Waals surface area contributed by atoms with Crippen LogP contribution in [0.3, 0.4) is 0 Å². The van der Waals surface area contributed by atoms with Crippen LogP contribution in [-0.4, -0.2) is 44.1 Å². The number of rotatable bonds is 12. The monoisotopic (exact) mass is 544 g/mol. The topological polar surface area (TPSA) is 89.5 Å². The number of nitrogens with zero attached hydrogens (tertiary/aromatic N) is 1. The lowest BCUT2D eigenvalue weighted by Crippen LogP contribution is -2.44. The van der Waals surface area contributed by atoms with Gasteiger partial charge in [-0.1, -0.05) is 42.3 Å². The van der Waals surface area contributed by atoms with Crippen LogP contribution in [0, 0.1) is 12.0 Å². The van der Waals surface area contributed by atoms with E-state index in [0.717, 1.165) is 16.7 Å². The molecule has 1 amide bonds. The Bertz CT molecular complexity index is 1360. The van der Waals surface area contributed by atoms with Gasteiger partial charge in [0, 0.05) is 25.5 Å². The second-order valence-electron chi connectivity index (χ2n) is 9.48. The first-order chi connectivity index (χ1) is 19.4. The first-order valence-electron chi connectivity index (χ1n) is 13.3. The highest BCUT2D eigenvalue weighted by Gasteiger charge is 2.31. The molecular formula is C32H36N2O6. The van der Waals surface area contributed by atoms with Gasteiger partial charge in [0.2, 0.25) is 5.91 Å². The van der Waals surface area contributed by atoms with Crippen LogP contribution in [0.4, 0.5) is 5.69 Å². The standard InChI is InChI=1S/C32H36N2O6/c1-5-19-39-28-15-14-26(25-12-16-30(36)34(31(25)28)21-24-9-7-6-8-10-24)40-32(22(2)35)33-18-17-23-11-13-27(37-3)29(20-23)38-4/h6-11,13-15,20,22,32-33,35H,12,16-18,21H2,1-4H3. The predicted molar refractivity (Wildman–Crippen MR) is 154 cm³/mol. The maximum atomic E-state index is 13.1. The molecule has 3 aromatic carbocycles. The molecule has 8 heteroatoms. The van der Waals surface area contributed by atoms with Gasteiger partial charge in [0.15, 0.2) is 23.5 Å². The van der Waals surface area contributed by atoms with E-state index < -0.39 is 12.3 Å². The molecule has 0 saturated heterocycles. The van der Waals surface area contributed by atoms with E-state index in [9.17, 15) is 9.90 Å². The van der Waals surface area contributed by atoms with Crippen LogP contribution in [0.2, 0.25) is 0 Å². The third-order valence-corrected chi connectivity index (χ3v) is 6.71. The van der Waals surface area contributed by atoms with Gasteiger partial charge in [-0.25, -0.2) is 0 Å². The van der Waals surface area contributed by atoms with Crippen molar-refractivity contribution in [1.82, 2.24) is 5.32 Å². The molecule has 40 heavy (non-hydrogen) atoms. The van der Waals surface area contributed by atoms with Crippen molar-refractivity contribution in [2.45, 2.75) is 52.0 Å². The fraction of sp³-hybridized carbons (Fsp3) is 0.344. The minimum absolute atomic E-state index is 0.00271. The summed E-state index contributed by atoms with van der Waals surface area (Å²) < 4.78 is 22.8. The van der Waals surface area contributed by atoms with E-state index in [1.807, 2.05) is 54.6 Å². The number of carbonyl (C=O) groups excluding carboxylic acids is 1. The van der Waals surface area contributed by atoms with Crippen LogP contribution < -0.4 is 29.2 Å². The van der Waals surface area contributed by atoms with Crippen molar-refractivity contribution in [1.29, 1.82) is 0 Å². The molecule has 2 N–H and O–H groups in total. The first kappa shape index (κ1) is 28.8. The van der Waals surface area contributed by atoms with Crippen LogP contribution in [0.1, 0.15) is 37.0 Å². The van der Waals surface area contributed by atoms with Crippen LogP contribution in [0.5, 0.6) is 23.0 Å². The number of hydrogen-bond donors (Lipinski definition) is 2. The van der Waals surface area contributed by atoms with Gasteiger partial charge in [0.1, 0.15) is 18.0 Å². The third-order valence-electron chi connectivity index (χ3n) is 6.71. The number of amides is 1. The van der Waals surface area contributed by atoms with Crippen LogP contribution in [-0.2, 0) is 24.2 Å². The average Bonchev–Trinajstić information content (AvgIpc) is 2.97. The van der Waals surface area contributed by atoms with Crippen LogP contribution >= 0.6 is 0 Å². The molecule has 210 valence electrons. The van der Waals surface area contributed by atoms with Gasteiger partial charge in [-0.2, -0.15) is 0 Å². The highest BCUT2D eigenvalue weighted by molar-refractivity contribution is 5.98. The Labute approximate surface area is 235 Å². The zero-order chi connectivity index (χ0) is 28.5. The average molecular weight is 545 g/mol. The quantitative estimate of drug-likeness (QED) is 0.257. The highest BCUT2D eigenvalue weighted by atomic mass is 16.5. The molecule has 8 nitrogen and oxygen atoms in total.